The highest BCUT2D eigenvalue weighted by molar-refractivity contribution is 6.15. The van der Waals surface area contributed by atoms with E-state index in [2.05, 4.69) is 198 Å². The lowest BCUT2D eigenvalue weighted by molar-refractivity contribution is 0.670. The van der Waals surface area contributed by atoms with E-state index in [9.17, 15) is 0 Å². The molecule has 0 aliphatic heterocycles. The third-order valence-corrected chi connectivity index (χ3v) is 10.7. The maximum atomic E-state index is 6.68. The summed E-state index contributed by atoms with van der Waals surface area (Å²) in [5.74, 6) is 0. The van der Waals surface area contributed by atoms with E-state index >= 15 is 0 Å². The molecule has 53 heavy (non-hydrogen) atoms. The van der Waals surface area contributed by atoms with Crippen LogP contribution in [0, 0.1) is 0 Å². The molecule has 0 aliphatic rings. The SMILES string of the molecule is c1ccc(N(c2ccc(-c3cc(-n4c5ccccc5c5cc6ccccc6cc54)cc4c3oc3ccccc34)cc2)c2ccc3ccccc3c2)cc1. The van der Waals surface area contributed by atoms with Crippen LogP contribution < -0.4 is 4.90 Å². The summed E-state index contributed by atoms with van der Waals surface area (Å²) in [6.07, 6.45) is 0. The molecule has 0 fully saturated rings. The number of furan rings is 1. The van der Waals surface area contributed by atoms with E-state index in [0.29, 0.717) is 0 Å². The molecule has 0 N–H and O–H groups in total. The van der Waals surface area contributed by atoms with Gasteiger partial charge in [-0.3, -0.25) is 0 Å². The minimum Gasteiger partial charge on any atom is -0.455 e. The number of hydrogen-bond donors (Lipinski definition) is 0. The average Bonchev–Trinajstić information content (AvgIpc) is 3.76. The normalized spacial score (nSPS) is 11.8. The van der Waals surface area contributed by atoms with Crippen LogP contribution in [0.15, 0.2) is 199 Å². The Hall–Kier alpha value is -7.10. The molecule has 0 bridgehead atoms. The molecule has 3 nitrogen and oxygen atoms in total. The van der Waals surface area contributed by atoms with Crippen LogP contribution in [0.2, 0.25) is 0 Å². The maximum Gasteiger partial charge on any atom is 0.143 e. The number of aromatic nitrogens is 1. The van der Waals surface area contributed by atoms with E-state index < -0.39 is 0 Å². The van der Waals surface area contributed by atoms with Crippen molar-refractivity contribution in [3.05, 3.63) is 194 Å². The largest absolute Gasteiger partial charge is 0.455 e. The summed E-state index contributed by atoms with van der Waals surface area (Å²) in [5, 5.41) is 9.61. The first-order valence-electron chi connectivity index (χ1n) is 18.1. The lowest BCUT2D eigenvalue weighted by Gasteiger charge is -2.26. The number of para-hydroxylation sites is 3. The van der Waals surface area contributed by atoms with Crippen LogP contribution in [0.4, 0.5) is 17.1 Å². The molecule has 0 saturated heterocycles. The van der Waals surface area contributed by atoms with Gasteiger partial charge in [-0.25, -0.2) is 0 Å². The molecule has 3 heteroatoms. The summed E-state index contributed by atoms with van der Waals surface area (Å²) < 4.78 is 9.10. The van der Waals surface area contributed by atoms with Gasteiger partial charge in [0.15, 0.2) is 0 Å². The predicted octanol–water partition coefficient (Wildman–Crippen LogP) is 14.1. The Kier molecular flexibility index (Phi) is 6.55. The number of hydrogen-bond acceptors (Lipinski definition) is 2. The minimum atomic E-state index is 0.886. The second-order valence-corrected chi connectivity index (χ2v) is 13.8. The molecule has 248 valence electrons. The smallest absolute Gasteiger partial charge is 0.143 e. The molecule has 2 aromatic heterocycles. The average molecular weight is 677 g/mol. The van der Waals surface area contributed by atoms with Crippen LogP contribution in [0.5, 0.6) is 0 Å². The van der Waals surface area contributed by atoms with Crippen molar-refractivity contribution in [2.45, 2.75) is 0 Å². The number of nitrogens with zero attached hydrogens (tertiary/aromatic N) is 2. The summed E-state index contributed by atoms with van der Waals surface area (Å²) in [6, 6.07) is 69.7. The van der Waals surface area contributed by atoms with Gasteiger partial charge in [-0.2, -0.15) is 0 Å². The molecule has 11 rings (SSSR count). The predicted molar refractivity (Wildman–Crippen MR) is 223 cm³/mol. The first-order valence-corrected chi connectivity index (χ1v) is 18.1. The first kappa shape index (κ1) is 29.6. The van der Waals surface area contributed by atoms with Crippen molar-refractivity contribution in [2.24, 2.45) is 0 Å². The molecule has 0 unspecified atom stereocenters. The Morgan fingerprint density at radius 1 is 0.377 bits per heavy atom. The standard InChI is InChI=1S/C50H32N2O/c1-2-16-38(17-3-1)51(40-27-22-33-12-4-5-13-35(33)28-40)39-25-23-34(24-26-39)44-31-41(32-46-43-19-9-11-21-49(43)53-50(44)46)52-47-20-10-8-18-42(47)45-29-36-14-6-7-15-37(36)30-48(45)52/h1-32H. The van der Waals surface area contributed by atoms with E-state index in [1.165, 1.54) is 43.4 Å². The molecular weight excluding hydrogens is 645 g/mol. The molecular formula is C50H32N2O. The van der Waals surface area contributed by atoms with Gasteiger partial charge in [0, 0.05) is 49.9 Å². The van der Waals surface area contributed by atoms with Gasteiger partial charge >= 0.3 is 0 Å². The zero-order chi connectivity index (χ0) is 34.9. The van der Waals surface area contributed by atoms with Gasteiger partial charge in [0.05, 0.1) is 11.0 Å². The summed E-state index contributed by atoms with van der Waals surface area (Å²) >= 11 is 0. The fourth-order valence-electron chi connectivity index (χ4n) is 8.22. The Bertz CT molecular complexity index is 3170. The number of anilines is 3. The molecule has 0 atom stereocenters. The number of benzene rings is 9. The Balaban J connectivity index is 1.12. The molecule has 0 saturated carbocycles. The third kappa shape index (κ3) is 4.75. The Morgan fingerprint density at radius 3 is 1.81 bits per heavy atom. The quantitative estimate of drug-likeness (QED) is 0.181. The van der Waals surface area contributed by atoms with E-state index in [4.69, 9.17) is 4.42 Å². The zero-order valence-electron chi connectivity index (χ0n) is 28.8. The van der Waals surface area contributed by atoms with Crippen molar-refractivity contribution < 1.29 is 4.42 Å². The van der Waals surface area contributed by atoms with Crippen LogP contribution in [-0.2, 0) is 0 Å². The van der Waals surface area contributed by atoms with Crippen molar-refractivity contribution in [1.29, 1.82) is 0 Å². The van der Waals surface area contributed by atoms with Crippen molar-refractivity contribution in [2.75, 3.05) is 4.90 Å². The molecule has 0 amide bonds. The van der Waals surface area contributed by atoms with Gasteiger partial charge in [0.2, 0.25) is 0 Å². The number of fused-ring (bicyclic) bond motifs is 8. The van der Waals surface area contributed by atoms with E-state index in [1.54, 1.807) is 0 Å². The fraction of sp³-hybridized carbons (Fsp3) is 0. The highest BCUT2D eigenvalue weighted by atomic mass is 16.3. The Morgan fingerprint density at radius 2 is 1.00 bits per heavy atom. The van der Waals surface area contributed by atoms with Crippen molar-refractivity contribution >= 4 is 82.4 Å². The highest BCUT2D eigenvalue weighted by Crippen LogP contribution is 2.43. The highest BCUT2D eigenvalue weighted by Gasteiger charge is 2.20. The van der Waals surface area contributed by atoms with Gasteiger partial charge in [-0.1, -0.05) is 121 Å². The first-order chi connectivity index (χ1) is 26.3. The van der Waals surface area contributed by atoms with E-state index in [1.807, 2.05) is 6.07 Å². The molecule has 0 aliphatic carbocycles. The molecule has 9 aromatic carbocycles. The lowest BCUT2D eigenvalue weighted by Crippen LogP contribution is -2.09. The maximum absolute atomic E-state index is 6.68. The van der Waals surface area contributed by atoms with Crippen LogP contribution in [0.25, 0.3) is 82.1 Å². The molecule has 0 spiro atoms. The second kappa shape index (κ2) is 11.7. The van der Waals surface area contributed by atoms with Gasteiger partial charge in [-0.15, -0.1) is 0 Å². The Labute approximate surface area is 306 Å². The summed E-state index contributed by atoms with van der Waals surface area (Å²) in [6.45, 7) is 0. The fourth-order valence-corrected chi connectivity index (χ4v) is 8.22. The monoisotopic (exact) mass is 676 g/mol. The van der Waals surface area contributed by atoms with Gasteiger partial charge in [-0.05, 0) is 99.9 Å². The second-order valence-electron chi connectivity index (χ2n) is 13.8. The number of rotatable bonds is 5. The summed E-state index contributed by atoms with van der Waals surface area (Å²) in [4.78, 5) is 2.33. The lowest BCUT2D eigenvalue weighted by atomic mass is 10.00. The third-order valence-electron chi connectivity index (χ3n) is 10.7. The van der Waals surface area contributed by atoms with Gasteiger partial charge in [0.1, 0.15) is 11.2 Å². The van der Waals surface area contributed by atoms with Crippen molar-refractivity contribution in [3.8, 4) is 16.8 Å². The van der Waals surface area contributed by atoms with Crippen molar-refractivity contribution in [3.63, 3.8) is 0 Å². The summed E-state index contributed by atoms with van der Waals surface area (Å²) in [7, 11) is 0. The van der Waals surface area contributed by atoms with E-state index in [0.717, 1.165) is 55.8 Å². The van der Waals surface area contributed by atoms with Crippen LogP contribution in [0.1, 0.15) is 0 Å². The van der Waals surface area contributed by atoms with Gasteiger partial charge < -0.3 is 13.9 Å². The minimum absolute atomic E-state index is 0.886. The van der Waals surface area contributed by atoms with Gasteiger partial charge in [0.25, 0.3) is 0 Å². The summed E-state index contributed by atoms with van der Waals surface area (Å²) in [5.41, 5.74) is 10.7. The molecule has 2 heterocycles. The molecule has 11 aromatic rings. The van der Waals surface area contributed by atoms with Crippen LogP contribution in [-0.4, -0.2) is 4.57 Å². The molecule has 0 radical (unpaired) electrons. The van der Waals surface area contributed by atoms with E-state index in [-0.39, 0.29) is 0 Å². The topological polar surface area (TPSA) is 21.3 Å². The van der Waals surface area contributed by atoms with Crippen LogP contribution >= 0.6 is 0 Å². The zero-order valence-corrected chi connectivity index (χ0v) is 28.8. The van der Waals surface area contributed by atoms with Crippen LogP contribution in [0.3, 0.4) is 0 Å². The van der Waals surface area contributed by atoms with Crippen molar-refractivity contribution in [1.82, 2.24) is 4.57 Å².